The number of amides is 2. The highest BCUT2D eigenvalue weighted by Gasteiger charge is 2.41. The molecule has 1 aliphatic rings. The highest BCUT2D eigenvalue weighted by Crippen LogP contribution is 2.44. The van der Waals surface area contributed by atoms with Crippen molar-refractivity contribution in [2.45, 2.75) is 6.42 Å². The summed E-state index contributed by atoms with van der Waals surface area (Å²) < 4.78 is 5.56. The van der Waals surface area contributed by atoms with Gasteiger partial charge in [0, 0.05) is 6.54 Å². The van der Waals surface area contributed by atoms with Gasteiger partial charge in [0.2, 0.25) is 0 Å². The van der Waals surface area contributed by atoms with Crippen molar-refractivity contribution in [2.75, 3.05) is 13.2 Å². The second kappa shape index (κ2) is 7.42. The summed E-state index contributed by atoms with van der Waals surface area (Å²) in [7, 11) is 0. The molecule has 0 aromatic heterocycles. The number of nitrogens with zero attached hydrogens (tertiary/aromatic N) is 1. The Morgan fingerprint density at radius 3 is 1.84 bits per heavy atom. The predicted octanol–water partition coefficient (Wildman–Crippen LogP) is 5.37. The van der Waals surface area contributed by atoms with E-state index in [4.69, 9.17) is 51.1 Å². The van der Waals surface area contributed by atoms with Crippen LogP contribution in [0.25, 0.3) is 0 Å². The molecule has 0 bridgehead atoms. The van der Waals surface area contributed by atoms with Crippen LogP contribution in [-0.2, 0) is 0 Å². The van der Waals surface area contributed by atoms with Gasteiger partial charge in [-0.25, -0.2) is 0 Å². The van der Waals surface area contributed by atoms with Gasteiger partial charge < -0.3 is 4.74 Å². The molecule has 2 aromatic carbocycles. The second-order valence-electron chi connectivity index (χ2n) is 5.28. The van der Waals surface area contributed by atoms with Crippen LogP contribution in [0.2, 0.25) is 20.1 Å². The normalized spacial score (nSPS) is 13.4. The molecule has 25 heavy (non-hydrogen) atoms. The molecule has 0 fully saturated rings. The largest absolute Gasteiger partial charge is 0.494 e. The Bertz CT molecular complexity index is 808. The first-order chi connectivity index (χ1) is 11.9. The van der Waals surface area contributed by atoms with Crippen molar-refractivity contribution in [1.82, 2.24) is 4.90 Å². The summed E-state index contributed by atoms with van der Waals surface area (Å²) in [5, 5.41) is -0.204. The van der Waals surface area contributed by atoms with Crippen LogP contribution in [-0.4, -0.2) is 29.9 Å². The topological polar surface area (TPSA) is 46.6 Å². The third-order valence-corrected chi connectivity index (χ3v) is 5.53. The van der Waals surface area contributed by atoms with Crippen molar-refractivity contribution in [3.05, 3.63) is 61.5 Å². The Kier molecular flexibility index (Phi) is 5.44. The minimum absolute atomic E-state index is 0.00459. The van der Waals surface area contributed by atoms with E-state index in [-0.39, 0.29) is 37.8 Å². The first kappa shape index (κ1) is 18.3. The van der Waals surface area contributed by atoms with Crippen LogP contribution in [0.1, 0.15) is 27.1 Å². The predicted molar refractivity (Wildman–Crippen MR) is 98.4 cm³/mol. The van der Waals surface area contributed by atoms with Gasteiger partial charge in [0.05, 0.1) is 37.8 Å². The summed E-state index contributed by atoms with van der Waals surface area (Å²) in [5.74, 6) is -0.357. The van der Waals surface area contributed by atoms with Crippen LogP contribution in [0.15, 0.2) is 30.3 Å². The first-order valence-electron chi connectivity index (χ1n) is 7.33. The number of imide groups is 1. The molecule has 2 amide bonds. The van der Waals surface area contributed by atoms with Crippen molar-refractivity contribution in [3.8, 4) is 5.75 Å². The third kappa shape index (κ3) is 3.32. The van der Waals surface area contributed by atoms with Gasteiger partial charge in [0.15, 0.2) is 0 Å². The summed E-state index contributed by atoms with van der Waals surface area (Å²) in [6.45, 7) is 0.515. The van der Waals surface area contributed by atoms with E-state index in [1.807, 2.05) is 30.3 Å². The fraction of sp³-hybridized carbons (Fsp3) is 0.176. The van der Waals surface area contributed by atoms with Gasteiger partial charge >= 0.3 is 0 Å². The molecule has 0 N–H and O–H groups in total. The lowest BCUT2D eigenvalue weighted by molar-refractivity contribution is 0.0647. The molecule has 1 heterocycles. The van der Waals surface area contributed by atoms with E-state index >= 15 is 0 Å². The molecule has 0 unspecified atom stereocenters. The maximum atomic E-state index is 12.5. The van der Waals surface area contributed by atoms with Gasteiger partial charge in [-0.2, -0.15) is 0 Å². The van der Waals surface area contributed by atoms with Gasteiger partial charge in [0.25, 0.3) is 11.8 Å². The Labute approximate surface area is 164 Å². The smallest absolute Gasteiger partial charge is 0.263 e. The van der Waals surface area contributed by atoms with Crippen molar-refractivity contribution >= 4 is 58.2 Å². The average molecular weight is 419 g/mol. The lowest BCUT2D eigenvalue weighted by Gasteiger charge is -2.14. The summed E-state index contributed by atoms with van der Waals surface area (Å²) in [6.07, 6.45) is 0.455. The first-order valence-corrected chi connectivity index (χ1v) is 8.84. The number of ether oxygens (including phenoxy) is 1. The van der Waals surface area contributed by atoms with Crippen LogP contribution >= 0.6 is 46.4 Å². The maximum Gasteiger partial charge on any atom is 0.263 e. The van der Waals surface area contributed by atoms with E-state index in [0.29, 0.717) is 13.0 Å². The maximum absolute atomic E-state index is 12.5. The number of hydrogen-bond acceptors (Lipinski definition) is 3. The van der Waals surface area contributed by atoms with Crippen molar-refractivity contribution < 1.29 is 14.3 Å². The van der Waals surface area contributed by atoms with E-state index in [0.717, 1.165) is 10.6 Å². The summed E-state index contributed by atoms with van der Waals surface area (Å²) in [5.41, 5.74) is -0.00918. The van der Waals surface area contributed by atoms with Gasteiger partial charge in [0.1, 0.15) is 5.75 Å². The number of hydrogen-bond donors (Lipinski definition) is 0. The molecule has 0 spiro atoms. The van der Waals surface area contributed by atoms with Gasteiger partial charge in [-0.05, 0) is 18.6 Å². The van der Waals surface area contributed by atoms with Gasteiger partial charge in [-0.1, -0.05) is 64.6 Å². The molecule has 0 saturated carbocycles. The fourth-order valence-corrected chi connectivity index (χ4v) is 3.54. The molecule has 8 heteroatoms. The number of carbonyl (C=O) groups is 2. The Hall–Kier alpha value is -1.46. The van der Waals surface area contributed by atoms with Crippen molar-refractivity contribution in [3.63, 3.8) is 0 Å². The molecule has 4 nitrogen and oxygen atoms in total. The third-order valence-electron chi connectivity index (χ3n) is 3.72. The lowest BCUT2D eigenvalue weighted by atomic mass is 10.1. The molecule has 0 atom stereocenters. The molecule has 3 rings (SSSR count). The highest BCUT2D eigenvalue weighted by molar-refractivity contribution is 6.55. The lowest BCUT2D eigenvalue weighted by Crippen LogP contribution is -2.31. The Morgan fingerprint density at radius 1 is 0.800 bits per heavy atom. The Balaban J connectivity index is 1.72. The standard InChI is InChI=1S/C17H11Cl4NO3/c18-12-10-11(13(19)15(21)14(12)20)17(24)22(16(10)23)7-4-8-25-9-5-2-1-3-6-9/h1-3,5-6H,4,7-8H2. The molecule has 130 valence electrons. The fourth-order valence-electron chi connectivity index (χ4n) is 2.53. The van der Waals surface area contributed by atoms with E-state index < -0.39 is 11.8 Å². The number of rotatable bonds is 5. The Morgan fingerprint density at radius 2 is 1.32 bits per heavy atom. The minimum Gasteiger partial charge on any atom is -0.494 e. The molecular formula is C17H11Cl4NO3. The molecule has 1 aliphatic heterocycles. The van der Waals surface area contributed by atoms with Gasteiger partial charge in [-0.3, -0.25) is 14.5 Å². The second-order valence-corrected chi connectivity index (χ2v) is 6.79. The highest BCUT2D eigenvalue weighted by atomic mass is 35.5. The number of para-hydroxylation sites is 1. The van der Waals surface area contributed by atoms with Crippen LogP contribution in [0.4, 0.5) is 0 Å². The van der Waals surface area contributed by atoms with Gasteiger partial charge in [-0.15, -0.1) is 0 Å². The summed E-state index contributed by atoms with van der Waals surface area (Å²) >= 11 is 24.1. The summed E-state index contributed by atoms with van der Waals surface area (Å²) in [4.78, 5) is 26.1. The molecule has 0 radical (unpaired) electrons. The average Bonchev–Trinajstić information content (AvgIpc) is 2.87. The van der Waals surface area contributed by atoms with Crippen LogP contribution in [0, 0.1) is 0 Å². The molecule has 2 aromatic rings. The SMILES string of the molecule is O=C1c2c(Cl)c(Cl)c(Cl)c(Cl)c2C(=O)N1CCCOc1ccccc1. The quantitative estimate of drug-likeness (QED) is 0.284. The zero-order valence-corrected chi connectivity index (χ0v) is 15.7. The van der Waals surface area contributed by atoms with Crippen LogP contribution < -0.4 is 4.74 Å². The van der Waals surface area contributed by atoms with E-state index in [1.165, 1.54) is 0 Å². The number of fused-ring (bicyclic) bond motifs is 1. The molecular weight excluding hydrogens is 408 g/mol. The molecule has 0 saturated heterocycles. The van der Waals surface area contributed by atoms with E-state index in [1.54, 1.807) is 0 Å². The van der Waals surface area contributed by atoms with E-state index in [2.05, 4.69) is 0 Å². The van der Waals surface area contributed by atoms with E-state index in [9.17, 15) is 9.59 Å². The number of benzene rings is 2. The number of carbonyl (C=O) groups excluding carboxylic acids is 2. The van der Waals surface area contributed by atoms with Crippen molar-refractivity contribution in [1.29, 1.82) is 0 Å². The minimum atomic E-state index is -0.537. The summed E-state index contributed by atoms with van der Waals surface area (Å²) in [6, 6.07) is 9.25. The monoisotopic (exact) mass is 417 g/mol. The zero-order valence-electron chi connectivity index (χ0n) is 12.7. The van der Waals surface area contributed by atoms with Crippen LogP contribution in [0.5, 0.6) is 5.75 Å². The zero-order chi connectivity index (χ0) is 18.1. The van der Waals surface area contributed by atoms with Crippen molar-refractivity contribution in [2.24, 2.45) is 0 Å². The molecule has 0 aliphatic carbocycles. The van der Waals surface area contributed by atoms with Crippen LogP contribution in [0.3, 0.4) is 0 Å². The number of halogens is 4.